The lowest BCUT2D eigenvalue weighted by Gasteiger charge is -2.26. The zero-order valence-corrected chi connectivity index (χ0v) is 11.7. The summed E-state index contributed by atoms with van der Waals surface area (Å²) < 4.78 is 19.0. The van der Waals surface area contributed by atoms with Crippen molar-refractivity contribution in [2.24, 2.45) is 0 Å². The quantitative estimate of drug-likeness (QED) is 0.870. The molecule has 0 spiro atoms. The third kappa shape index (κ3) is 3.57. The van der Waals surface area contributed by atoms with Crippen LogP contribution in [0.5, 0.6) is 0 Å². The zero-order chi connectivity index (χ0) is 13.7. The van der Waals surface area contributed by atoms with E-state index in [0.717, 1.165) is 49.3 Å². The SMILES string of the molecule is CCCNC(C1=CCCCO1)c1ccc(F)cc1C. The van der Waals surface area contributed by atoms with Crippen molar-refractivity contribution in [3.8, 4) is 0 Å². The molecule has 1 aromatic carbocycles. The Labute approximate surface area is 114 Å². The topological polar surface area (TPSA) is 21.3 Å². The Morgan fingerprint density at radius 1 is 1.42 bits per heavy atom. The Morgan fingerprint density at radius 2 is 2.26 bits per heavy atom. The van der Waals surface area contributed by atoms with E-state index in [2.05, 4.69) is 18.3 Å². The van der Waals surface area contributed by atoms with Crippen LogP contribution < -0.4 is 5.32 Å². The van der Waals surface area contributed by atoms with Crippen molar-refractivity contribution in [3.63, 3.8) is 0 Å². The molecule has 104 valence electrons. The van der Waals surface area contributed by atoms with Crippen LogP contribution in [-0.2, 0) is 4.74 Å². The number of allylic oxidation sites excluding steroid dienone is 1. The van der Waals surface area contributed by atoms with Crippen LogP contribution in [0.1, 0.15) is 43.4 Å². The maximum Gasteiger partial charge on any atom is 0.123 e. The number of rotatable bonds is 5. The third-order valence-corrected chi connectivity index (χ3v) is 3.39. The Morgan fingerprint density at radius 3 is 2.89 bits per heavy atom. The van der Waals surface area contributed by atoms with Crippen molar-refractivity contribution in [2.45, 2.75) is 39.2 Å². The number of halogens is 1. The van der Waals surface area contributed by atoms with E-state index in [0.29, 0.717) is 0 Å². The minimum atomic E-state index is -0.186. The average Bonchev–Trinajstić information content (AvgIpc) is 2.42. The predicted molar refractivity (Wildman–Crippen MR) is 75.4 cm³/mol. The number of ether oxygens (including phenoxy) is 1. The molecule has 0 aliphatic carbocycles. The second kappa shape index (κ2) is 6.71. The molecule has 1 aromatic rings. The van der Waals surface area contributed by atoms with Crippen molar-refractivity contribution in [3.05, 3.63) is 47.0 Å². The third-order valence-electron chi connectivity index (χ3n) is 3.39. The molecule has 0 bridgehead atoms. The normalized spacial score (nSPS) is 16.7. The van der Waals surface area contributed by atoms with E-state index in [9.17, 15) is 4.39 Å². The number of hydrogen-bond donors (Lipinski definition) is 1. The van der Waals surface area contributed by atoms with E-state index in [4.69, 9.17) is 4.74 Å². The molecule has 0 fully saturated rings. The van der Waals surface area contributed by atoms with E-state index in [1.54, 1.807) is 6.07 Å². The van der Waals surface area contributed by atoms with Crippen molar-refractivity contribution in [1.29, 1.82) is 0 Å². The van der Waals surface area contributed by atoms with Gasteiger partial charge in [0.25, 0.3) is 0 Å². The first-order chi connectivity index (χ1) is 9.22. The number of aryl methyl sites for hydroxylation is 1. The van der Waals surface area contributed by atoms with Gasteiger partial charge in [0.1, 0.15) is 11.6 Å². The summed E-state index contributed by atoms with van der Waals surface area (Å²) in [6.07, 6.45) is 5.34. The second-order valence-electron chi connectivity index (χ2n) is 4.99. The van der Waals surface area contributed by atoms with E-state index in [-0.39, 0.29) is 11.9 Å². The summed E-state index contributed by atoms with van der Waals surface area (Å²) in [4.78, 5) is 0. The molecule has 0 aromatic heterocycles. The number of benzene rings is 1. The van der Waals surface area contributed by atoms with Gasteiger partial charge in [-0.05, 0) is 62.1 Å². The van der Waals surface area contributed by atoms with Crippen LogP contribution in [0.25, 0.3) is 0 Å². The van der Waals surface area contributed by atoms with Crippen LogP contribution in [0.15, 0.2) is 30.0 Å². The largest absolute Gasteiger partial charge is 0.496 e. The van der Waals surface area contributed by atoms with E-state index < -0.39 is 0 Å². The van der Waals surface area contributed by atoms with Gasteiger partial charge in [-0.3, -0.25) is 0 Å². The van der Waals surface area contributed by atoms with Crippen LogP contribution >= 0.6 is 0 Å². The summed E-state index contributed by atoms with van der Waals surface area (Å²) >= 11 is 0. The first-order valence-electron chi connectivity index (χ1n) is 7.04. The van der Waals surface area contributed by atoms with Gasteiger partial charge in [0, 0.05) is 0 Å². The summed E-state index contributed by atoms with van der Waals surface area (Å²) in [5.74, 6) is 0.795. The first-order valence-corrected chi connectivity index (χ1v) is 7.04. The zero-order valence-electron chi connectivity index (χ0n) is 11.7. The van der Waals surface area contributed by atoms with Gasteiger partial charge in [-0.1, -0.05) is 13.0 Å². The van der Waals surface area contributed by atoms with Gasteiger partial charge in [0.15, 0.2) is 0 Å². The number of nitrogens with one attached hydrogen (secondary N) is 1. The molecule has 2 rings (SSSR count). The molecule has 0 radical (unpaired) electrons. The molecular weight excluding hydrogens is 241 g/mol. The van der Waals surface area contributed by atoms with Gasteiger partial charge in [-0.25, -0.2) is 4.39 Å². The highest BCUT2D eigenvalue weighted by molar-refractivity contribution is 5.34. The molecule has 1 aliphatic heterocycles. The lowest BCUT2D eigenvalue weighted by molar-refractivity contribution is 0.167. The van der Waals surface area contributed by atoms with Gasteiger partial charge in [0.2, 0.25) is 0 Å². The first kappa shape index (κ1) is 14.1. The summed E-state index contributed by atoms with van der Waals surface area (Å²) in [7, 11) is 0. The lowest BCUT2D eigenvalue weighted by atomic mass is 9.98. The van der Waals surface area contributed by atoms with Gasteiger partial charge in [-0.15, -0.1) is 0 Å². The maximum atomic E-state index is 13.2. The number of hydrogen-bond acceptors (Lipinski definition) is 2. The average molecular weight is 263 g/mol. The van der Waals surface area contributed by atoms with Gasteiger partial charge < -0.3 is 10.1 Å². The van der Waals surface area contributed by atoms with Crippen LogP contribution in [0.2, 0.25) is 0 Å². The van der Waals surface area contributed by atoms with E-state index in [1.165, 1.54) is 6.07 Å². The highest BCUT2D eigenvalue weighted by atomic mass is 19.1. The molecule has 3 heteroatoms. The highest BCUT2D eigenvalue weighted by Gasteiger charge is 2.21. The smallest absolute Gasteiger partial charge is 0.123 e. The molecule has 19 heavy (non-hydrogen) atoms. The van der Waals surface area contributed by atoms with Crippen molar-refractivity contribution < 1.29 is 9.13 Å². The molecule has 2 nitrogen and oxygen atoms in total. The molecule has 1 heterocycles. The Balaban J connectivity index is 2.27. The fourth-order valence-electron chi connectivity index (χ4n) is 2.39. The molecule has 0 saturated carbocycles. The van der Waals surface area contributed by atoms with Gasteiger partial charge in [0.05, 0.1) is 12.6 Å². The van der Waals surface area contributed by atoms with Crippen LogP contribution in [0, 0.1) is 12.7 Å². The van der Waals surface area contributed by atoms with Crippen LogP contribution in [0.4, 0.5) is 4.39 Å². The Bertz CT molecular complexity index is 456. The summed E-state index contributed by atoms with van der Waals surface area (Å²) in [6.45, 7) is 5.78. The van der Waals surface area contributed by atoms with E-state index >= 15 is 0 Å². The van der Waals surface area contributed by atoms with Gasteiger partial charge >= 0.3 is 0 Å². The molecule has 1 aliphatic rings. The molecular formula is C16H22FNO. The van der Waals surface area contributed by atoms with Crippen LogP contribution in [-0.4, -0.2) is 13.2 Å². The van der Waals surface area contributed by atoms with Crippen molar-refractivity contribution in [1.82, 2.24) is 5.32 Å². The Kier molecular flexibility index (Phi) is 4.97. The van der Waals surface area contributed by atoms with Crippen molar-refractivity contribution >= 4 is 0 Å². The minimum absolute atomic E-state index is 0.0425. The Hall–Kier alpha value is -1.35. The molecule has 1 atom stereocenters. The molecule has 1 unspecified atom stereocenters. The fraction of sp³-hybridized carbons (Fsp3) is 0.500. The maximum absolute atomic E-state index is 13.2. The van der Waals surface area contributed by atoms with Gasteiger partial charge in [-0.2, -0.15) is 0 Å². The molecule has 0 saturated heterocycles. The van der Waals surface area contributed by atoms with Crippen LogP contribution in [0.3, 0.4) is 0 Å². The van der Waals surface area contributed by atoms with Crippen molar-refractivity contribution in [2.75, 3.05) is 13.2 Å². The lowest BCUT2D eigenvalue weighted by Crippen LogP contribution is -2.27. The molecule has 1 N–H and O–H groups in total. The molecule has 0 amide bonds. The monoisotopic (exact) mass is 263 g/mol. The highest BCUT2D eigenvalue weighted by Crippen LogP contribution is 2.28. The summed E-state index contributed by atoms with van der Waals surface area (Å²) in [5.41, 5.74) is 2.06. The fourth-order valence-corrected chi connectivity index (χ4v) is 2.39. The standard InChI is InChI=1S/C16H22FNO/c1-3-9-18-16(15-6-4-5-10-19-15)14-8-7-13(17)11-12(14)2/h6-8,11,16,18H,3-5,9-10H2,1-2H3. The summed E-state index contributed by atoms with van der Waals surface area (Å²) in [6, 6.07) is 5.00. The second-order valence-corrected chi connectivity index (χ2v) is 4.99. The predicted octanol–water partition coefficient (Wildman–Crippen LogP) is 3.87. The van der Waals surface area contributed by atoms with E-state index in [1.807, 2.05) is 13.0 Å². The summed E-state index contributed by atoms with van der Waals surface area (Å²) in [5, 5.41) is 3.50. The minimum Gasteiger partial charge on any atom is -0.496 e.